The van der Waals surface area contributed by atoms with E-state index in [0.29, 0.717) is 0 Å². The highest BCUT2D eigenvalue weighted by Crippen LogP contribution is 2.15. The third kappa shape index (κ3) is 2.46. The molecule has 0 saturated carbocycles. The van der Waals surface area contributed by atoms with Crippen LogP contribution >= 0.6 is 0 Å². The van der Waals surface area contributed by atoms with Crippen molar-refractivity contribution in [1.82, 2.24) is 19.3 Å². The molecule has 0 aliphatic heterocycles. The van der Waals surface area contributed by atoms with Crippen LogP contribution in [0.4, 0.5) is 0 Å². The average molecular weight is 247 g/mol. The molecule has 2 aromatic heterocycles. The summed E-state index contributed by atoms with van der Waals surface area (Å²) in [5, 5.41) is 4.54. The second-order valence-corrected chi connectivity index (χ2v) is 4.50. The van der Waals surface area contributed by atoms with Gasteiger partial charge in [-0.05, 0) is 19.4 Å². The lowest BCUT2D eigenvalue weighted by atomic mass is 10.1. The van der Waals surface area contributed by atoms with E-state index >= 15 is 0 Å². The van der Waals surface area contributed by atoms with Crippen LogP contribution < -0.4 is 5.73 Å². The molecule has 0 fully saturated rings. The molecule has 1 unspecified atom stereocenters. The van der Waals surface area contributed by atoms with Gasteiger partial charge in [0.1, 0.15) is 5.82 Å². The van der Waals surface area contributed by atoms with Gasteiger partial charge in [0, 0.05) is 38.1 Å². The minimum absolute atomic E-state index is 0.0864. The standard InChI is InChI=1S/C13H21N5/c1-4-10-8-11(18(5-2)16-10)9-12(14)13-15-6-7-17(13)3/h6-8,12H,4-5,9,14H2,1-3H3. The van der Waals surface area contributed by atoms with Crippen LogP contribution in [0.1, 0.15) is 37.1 Å². The molecular weight excluding hydrogens is 226 g/mol. The number of aryl methyl sites for hydroxylation is 3. The Hall–Kier alpha value is -1.62. The van der Waals surface area contributed by atoms with E-state index in [1.165, 1.54) is 5.69 Å². The van der Waals surface area contributed by atoms with Gasteiger partial charge in [-0.3, -0.25) is 4.68 Å². The Morgan fingerprint density at radius 2 is 2.17 bits per heavy atom. The largest absolute Gasteiger partial charge is 0.337 e. The fourth-order valence-corrected chi connectivity index (χ4v) is 2.18. The zero-order chi connectivity index (χ0) is 13.1. The molecule has 2 N–H and O–H groups in total. The van der Waals surface area contributed by atoms with E-state index in [1.54, 1.807) is 6.20 Å². The van der Waals surface area contributed by atoms with E-state index in [2.05, 4.69) is 30.0 Å². The molecule has 2 rings (SSSR count). The van der Waals surface area contributed by atoms with Crippen LogP contribution in [0.25, 0.3) is 0 Å². The molecular formula is C13H21N5. The zero-order valence-electron chi connectivity index (χ0n) is 11.3. The molecule has 0 aromatic carbocycles. The lowest BCUT2D eigenvalue weighted by Gasteiger charge is -2.12. The van der Waals surface area contributed by atoms with Gasteiger partial charge in [-0.1, -0.05) is 6.92 Å². The van der Waals surface area contributed by atoms with E-state index in [0.717, 1.165) is 30.9 Å². The first-order valence-electron chi connectivity index (χ1n) is 6.44. The first kappa shape index (κ1) is 12.8. The molecule has 0 bridgehead atoms. The second-order valence-electron chi connectivity index (χ2n) is 4.50. The molecule has 5 nitrogen and oxygen atoms in total. The average Bonchev–Trinajstić information content (AvgIpc) is 2.95. The Balaban J connectivity index is 2.18. The number of hydrogen-bond acceptors (Lipinski definition) is 3. The third-order valence-electron chi connectivity index (χ3n) is 3.19. The van der Waals surface area contributed by atoms with Crippen molar-refractivity contribution < 1.29 is 0 Å². The Morgan fingerprint density at radius 1 is 1.39 bits per heavy atom. The molecule has 0 radical (unpaired) electrons. The second kappa shape index (κ2) is 5.35. The summed E-state index contributed by atoms with van der Waals surface area (Å²) in [5.41, 5.74) is 8.53. The minimum Gasteiger partial charge on any atom is -0.337 e. The van der Waals surface area contributed by atoms with Gasteiger partial charge in [0.25, 0.3) is 0 Å². The van der Waals surface area contributed by atoms with Crippen LogP contribution in [0.2, 0.25) is 0 Å². The first-order valence-corrected chi connectivity index (χ1v) is 6.44. The van der Waals surface area contributed by atoms with Gasteiger partial charge in [0.05, 0.1) is 11.7 Å². The summed E-state index contributed by atoms with van der Waals surface area (Å²) < 4.78 is 4.00. The Morgan fingerprint density at radius 3 is 2.72 bits per heavy atom. The van der Waals surface area contributed by atoms with Crippen molar-refractivity contribution in [2.75, 3.05) is 0 Å². The number of hydrogen-bond donors (Lipinski definition) is 1. The maximum Gasteiger partial charge on any atom is 0.125 e. The number of nitrogens with two attached hydrogens (primary N) is 1. The van der Waals surface area contributed by atoms with Crippen molar-refractivity contribution in [3.05, 3.63) is 35.7 Å². The normalized spacial score (nSPS) is 12.9. The third-order valence-corrected chi connectivity index (χ3v) is 3.19. The van der Waals surface area contributed by atoms with Gasteiger partial charge in [-0.25, -0.2) is 4.98 Å². The molecule has 5 heteroatoms. The van der Waals surface area contributed by atoms with E-state index in [4.69, 9.17) is 5.73 Å². The van der Waals surface area contributed by atoms with Crippen LogP contribution in [0.5, 0.6) is 0 Å². The van der Waals surface area contributed by atoms with Gasteiger partial charge in [0.15, 0.2) is 0 Å². The van der Waals surface area contributed by atoms with Crippen molar-refractivity contribution in [3.63, 3.8) is 0 Å². The van der Waals surface area contributed by atoms with Crippen molar-refractivity contribution in [1.29, 1.82) is 0 Å². The molecule has 0 spiro atoms. The summed E-state index contributed by atoms with van der Waals surface area (Å²) in [7, 11) is 1.97. The molecule has 1 atom stereocenters. The topological polar surface area (TPSA) is 61.7 Å². The number of rotatable bonds is 5. The lowest BCUT2D eigenvalue weighted by Crippen LogP contribution is -2.19. The van der Waals surface area contributed by atoms with Crippen LogP contribution in [-0.4, -0.2) is 19.3 Å². The summed E-state index contributed by atoms with van der Waals surface area (Å²) in [4.78, 5) is 4.30. The van der Waals surface area contributed by atoms with Gasteiger partial charge in [-0.2, -0.15) is 5.10 Å². The monoisotopic (exact) mass is 247 g/mol. The highest BCUT2D eigenvalue weighted by Gasteiger charge is 2.15. The van der Waals surface area contributed by atoms with E-state index < -0.39 is 0 Å². The zero-order valence-corrected chi connectivity index (χ0v) is 11.3. The summed E-state index contributed by atoms with van der Waals surface area (Å²) in [6.07, 6.45) is 5.43. The molecule has 0 saturated heterocycles. The molecule has 0 aliphatic carbocycles. The van der Waals surface area contributed by atoms with Gasteiger partial charge < -0.3 is 10.3 Å². The van der Waals surface area contributed by atoms with Crippen LogP contribution in [0.3, 0.4) is 0 Å². The molecule has 98 valence electrons. The molecule has 18 heavy (non-hydrogen) atoms. The highest BCUT2D eigenvalue weighted by molar-refractivity contribution is 5.14. The number of imidazole rings is 1. The summed E-state index contributed by atoms with van der Waals surface area (Å²) in [6, 6.07) is 2.06. The van der Waals surface area contributed by atoms with Crippen LogP contribution in [-0.2, 0) is 26.4 Å². The Labute approximate surface area is 108 Å². The maximum absolute atomic E-state index is 6.22. The van der Waals surface area contributed by atoms with E-state index in [-0.39, 0.29) is 6.04 Å². The van der Waals surface area contributed by atoms with E-state index in [9.17, 15) is 0 Å². The molecule has 0 amide bonds. The Bertz CT molecular complexity index is 511. The maximum atomic E-state index is 6.22. The SMILES string of the molecule is CCc1cc(CC(N)c2nccn2C)n(CC)n1. The summed E-state index contributed by atoms with van der Waals surface area (Å²) >= 11 is 0. The van der Waals surface area contributed by atoms with Gasteiger partial charge in [-0.15, -0.1) is 0 Å². The summed E-state index contributed by atoms with van der Waals surface area (Å²) in [6.45, 7) is 5.09. The molecule has 2 aromatic rings. The predicted octanol–water partition coefficient (Wildman–Crippen LogP) is 1.44. The molecule has 0 aliphatic rings. The van der Waals surface area contributed by atoms with Gasteiger partial charge >= 0.3 is 0 Å². The number of aromatic nitrogens is 4. The highest BCUT2D eigenvalue weighted by atomic mass is 15.3. The van der Waals surface area contributed by atoms with Crippen LogP contribution in [0.15, 0.2) is 18.5 Å². The quantitative estimate of drug-likeness (QED) is 0.869. The van der Waals surface area contributed by atoms with Crippen molar-refractivity contribution >= 4 is 0 Å². The van der Waals surface area contributed by atoms with Crippen molar-refractivity contribution in [2.45, 2.75) is 39.3 Å². The molecule has 2 heterocycles. The van der Waals surface area contributed by atoms with E-state index in [1.807, 2.05) is 22.5 Å². The Kier molecular flexibility index (Phi) is 3.81. The number of nitrogens with zero attached hydrogens (tertiary/aromatic N) is 4. The lowest BCUT2D eigenvalue weighted by molar-refractivity contribution is 0.564. The fraction of sp³-hybridized carbons (Fsp3) is 0.538. The predicted molar refractivity (Wildman–Crippen MR) is 71.1 cm³/mol. The fourth-order valence-electron chi connectivity index (χ4n) is 2.18. The summed E-state index contributed by atoms with van der Waals surface area (Å²) in [5.74, 6) is 0.914. The van der Waals surface area contributed by atoms with Crippen molar-refractivity contribution in [3.8, 4) is 0 Å². The smallest absolute Gasteiger partial charge is 0.125 e. The van der Waals surface area contributed by atoms with Crippen molar-refractivity contribution in [2.24, 2.45) is 12.8 Å². The van der Waals surface area contributed by atoms with Gasteiger partial charge in [0.2, 0.25) is 0 Å². The minimum atomic E-state index is -0.0864. The van der Waals surface area contributed by atoms with Crippen LogP contribution in [0, 0.1) is 0 Å². The first-order chi connectivity index (χ1) is 8.65.